The van der Waals surface area contributed by atoms with Gasteiger partial charge in [-0.05, 0) is 44.2 Å². The Labute approximate surface area is 196 Å². The molecule has 0 amide bonds. The third kappa shape index (κ3) is 4.24. The number of fused-ring (bicyclic) bond motifs is 2. The Bertz CT molecular complexity index is 1390. The Morgan fingerprint density at radius 3 is 2.65 bits per heavy atom. The molecule has 2 aromatic carbocycles. The van der Waals surface area contributed by atoms with Crippen molar-refractivity contribution in [3.05, 3.63) is 89.4 Å². The van der Waals surface area contributed by atoms with Crippen LogP contribution in [0.1, 0.15) is 32.2 Å². The van der Waals surface area contributed by atoms with Crippen LogP contribution in [0.5, 0.6) is 11.5 Å². The molecular formula is C27H24N2O5. The number of hydrogen-bond acceptors (Lipinski definition) is 6. The number of benzene rings is 2. The smallest absolute Gasteiger partial charge is 0.357 e. The van der Waals surface area contributed by atoms with Crippen molar-refractivity contribution in [3.63, 3.8) is 0 Å². The third-order valence-electron chi connectivity index (χ3n) is 5.97. The Kier molecular flexibility index (Phi) is 5.76. The average Bonchev–Trinajstić information content (AvgIpc) is 3.15. The number of esters is 1. The van der Waals surface area contributed by atoms with Gasteiger partial charge in [0.1, 0.15) is 12.3 Å². The van der Waals surface area contributed by atoms with Gasteiger partial charge in [-0.15, -0.1) is 0 Å². The minimum atomic E-state index is -0.626. The SMILES string of the molecule is Cc1cc(C(=O)COC(=O)c2ccc3ccccc3n2)c(C)n1CC1COc2ccccc2O1. The number of Topliss-reactive ketones (excluding diaryl/α,β-unsaturated/α-hetero) is 1. The number of hydrogen-bond donors (Lipinski definition) is 0. The maximum atomic E-state index is 12.9. The van der Waals surface area contributed by atoms with E-state index in [2.05, 4.69) is 4.98 Å². The lowest BCUT2D eigenvalue weighted by atomic mass is 10.1. The summed E-state index contributed by atoms with van der Waals surface area (Å²) in [4.78, 5) is 29.7. The lowest BCUT2D eigenvalue weighted by molar-refractivity contribution is 0.0469. The van der Waals surface area contributed by atoms with Crippen LogP contribution in [-0.4, -0.2) is 40.6 Å². The number of aromatic nitrogens is 2. The molecule has 1 atom stereocenters. The zero-order chi connectivity index (χ0) is 23.7. The summed E-state index contributed by atoms with van der Waals surface area (Å²) in [5.74, 6) is 0.559. The van der Waals surface area contributed by atoms with Gasteiger partial charge in [0.15, 0.2) is 24.2 Å². The topological polar surface area (TPSA) is 79.7 Å². The molecule has 34 heavy (non-hydrogen) atoms. The highest BCUT2D eigenvalue weighted by Gasteiger charge is 2.24. The molecule has 0 N–H and O–H groups in total. The van der Waals surface area contributed by atoms with Crippen LogP contribution in [0.4, 0.5) is 0 Å². The van der Waals surface area contributed by atoms with Crippen molar-refractivity contribution in [2.24, 2.45) is 0 Å². The van der Waals surface area contributed by atoms with E-state index in [1.165, 1.54) is 0 Å². The molecule has 1 aliphatic rings. The molecule has 4 aromatic rings. The first kappa shape index (κ1) is 21.7. The molecule has 0 spiro atoms. The first-order valence-electron chi connectivity index (χ1n) is 11.1. The van der Waals surface area contributed by atoms with Crippen molar-refractivity contribution in [2.75, 3.05) is 13.2 Å². The fourth-order valence-electron chi connectivity index (χ4n) is 4.18. The quantitative estimate of drug-likeness (QED) is 0.313. The van der Waals surface area contributed by atoms with Crippen molar-refractivity contribution in [2.45, 2.75) is 26.5 Å². The highest BCUT2D eigenvalue weighted by Crippen LogP contribution is 2.31. The van der Waals surface area contributed by atoms with Gasteiger partial charge in [-0.3, -0.25) is 4.79 Å². The zero-order valence-corrected chi connectivity index (χ0v) is 19.0. The molecule has 5 rings (SSSR count). The van der Waals surface area contributed by atoms with Crippen molar-refractivity contribution in [1.29, 1.82) is 0 Å². The standard InChI is InChI=1S/C27H24N2O5/c1-17-13-21(18(2)29(17)14-20-15-32-25-9-5-6-10-26(25)34-20)24(30)16-33-27(31)23-12-11-19-7-3-4-8-22(19)28-23/h3-13,20H,14-16H2,1-2H3. The molecule has 1 aliphatic heterocycles. The van der Waals surface area contributed by atoms with Crippen molar-refractivity contribution in [3.8, 4) is 11.5 Å². The number of pyridine rings is 1. The van der Waals surface area contributed by atoms with Crippen LogP contribution in [-0.2, 0) is 11.3 Å². The molecule has 0 bridgehead atoms. The van der Waals surface area contributed by atoms with E-state index in [1.54, 1.807) is 6.07 Å². The number of nitrogens with zero attached hydrogens (tertiary/aromatic N) is 2. The Morgan fingerprint density at radius 2 is 1.79 bits per heavy atom. The summed E-state index contributed by atoms with van der Waals surface area (Å²) < 4.78 is 19.2. The van der Waals surface area contributed by atoms with Gasteiger partial charge < -0.3 is 18.8 Å². The Balaban J connectivity index is 1.25. The summed E-state index contributed by atoms with van der Waals surface area (Å²) >= 11 is 0. The van der Waals surface area contributed by atoms with E-state index in [0.717, 1.165) is 22.5 Å². The first-order chi connectivity index (χ1) is 16.5. The normalized spacial score (nSPS) is 14.7. The molecule has 0 saturated carbocycles. The molecule has 7 nitrogen and oxygen atoms in total. The number of aryl methyl sites for hydroxylation is 1. The van der Waals surface area contributed by atoms with Crippen LogP contribution in [0.3, 0.4) is 0 Å². The number of ketones is 1. The second kappa shape index (κ2) is 9.02. The first-order valence-corrected chi connectivity index (χ1v) is 11.1. The molecule has 172 valence electrons. The minimum Gasteiger partial charge on any atom is -0.486 e. The molecule has 1 unspecified atom stereocenters. The van der Waals surface area contributed by atoms with Gasteiger partial charge in [0, 0.05) is 22.3 Å². The molecule has 0 aliphatic carbocycles. The van der Waals surface area contributed by atoms with E-state index in [4.69, 9.17) is 14.2 Å². The molecule has 0 fully saturated rings. The van der Waals surface area contributed by atoms with Gasteiger partial charge >= 0.3 is 5.97 Å². The molecular weight excluding hydrogens is 432 g/mol. The lowest BCUT2D eigenvalue weighted by Crippen LogP contribution is -2.33. The maximum absolute atomic E-state index is 12.9. The predicted octanol–water partition coefficient (Wildman–Crippen LogP) is 4.53. The van der Waals surface area contributed by atoms with Gasteiger partial charge in [-0.25, -0.2) is 9.78 Å². The van der Waals surface area contributed by atoms with Gasteiger partial charge in [-0.1, -0.05) is 36.4 Å². The molecule has 2 aromatic heterocycles. The number of carbonyl (C=O) groups is 2. The summed E-state index contributed by atoms with van der Waals surface area (Å²) in [5.41, 5.74) is 3.11. The fourth-order valence-corrected chi connectivity index (χ4v) is 4.18. The molecule has 0 radical (unpaired) electrons. The molecule has 0 saturated heterocycles. The van der Waals surface area contributed by atoms with Crippen LogP contribution in [0, 0.1) is 13.8 Å². The van der Waals surface area contributed by atoms with Crippen LogP contribution in [0.15, 0.2) is 66.7 Å². The highest BCUT2D eigenvalue weighted by atomic mass is 16.6. The summed E-state index contributed by atoms with van der Waals surface area (Å²) in [6.07, 6.45) is -0.181. The van der Waals surface area contributed by atoms with Crippen molar-refractivity contribution >= 4 is 22.7 Å². The summed E-state index contributed by atoms with van der Waals surface area (Å²) in [6.45, 7) is 4.43. The third-order valence-corrected chi connectivity index (χ3v) is 5.97. The van der Waals surface area contributed by atoms with Crippen LogP contribution in [0.2, 0.25) is 0 Å². The number of carbonyl (C=O) groups excluding carboxylic acids is 2. The van der Waals surface area contributed by atoms with Crippen LogP contribution < -0.4 is 9.47 Å². The predicted molar refractivity (Wildman–Crippen MR) is 127 cm³/mol. The highest BCUT2D eigenvalue weighted by molar-refractivity contribution is 6.00. The van der Waals surface area contributed by atoms with E-state index >= 15 is 0 Å². The van der Waals surface area contributed by atoms with E-state index < -0.39 is 5.97 Å². The second-order valence-electron chi connectivity index (χ2n) is 8.28. The largest absolute Gasteiger partial charge is 0.486 e. The average molecular weight is 456 g/mol. The van der Waals surface area contributed by atoms with E-state index in [0.29, 0.717) is 30.0 Å². The number of para-hydroxylation sites is 3. The second-order valence-corrected chi connectivity index (χ2v) is 8.28. The molecule has 3 heterocycles. The number of ether oxygens (including phenoxy) is 3. The van der Waals surface area contributed by atoms with Crippen LogP contribution >= 0.6 is 0 Å². The van der Waals surface area contributed by atoms with Crippen LogP contribution in [0.25, 0.3) is 10.9 Å². The van der Waals surface area contributed by atoms with Crippen molar-refractivity contribution < 1.29 is 23.8 Å². The minimum absolute atomic E-state index is 0.173. The Morgan fingerprint density at radius 1 is 1.03 bits per heavy atom. The lowest BCUT2D eigenvalue weighted by Gasteiger charge is -2.27. The monoisotopic (exact) mass is 456 g/mol. The van der Waals surface area contributed by atoms with E-state index in [9.17, 15) is 9.59 Å². The summed E-state index contributed by atoms with van der Waals surface area (Å²) in [7, 11) is 0. The van der Waals surface area contributed by atoms with E-state index in [1.807, 2.05) is 79.1 Å². The molecule has 7 heteroatoms. The van der Waals surface area contributed by atoms with Gasteiger partial charge in [0.25, 0.3) is 0 Å². The van der Waals surface area contributed by atoms with Gasteiger partial charge in [-0.2, -0.15) is 0 Å². The van der Waals surface area contributed by atoms with E-state index in [-0.39, 0.29) is 24.2 Å². The van der Waals surface area contributed by atoms with Crippen molar-refractivity contribution in [1.82, 2.24) is 9.55 Å². The summed E-state index contributed by atoms with van der Waals surface area (Å²) in [6, 6.07) is 20.3. The summed E-state index contributed by atoms with van der Waals surface area (Å²) in [5, 5.41) is 0.929. The Hall–Kier alpha value is -4.13. The number of rotatable bonds is 6. The zero-order valence-electron chi connectivity index (χ0n) is 19.0. The fraction of sp³-hybridized carbons (Fsp3) is 0.222. The van der Waals surface area contributed by atoms with Gasteiger partial charge in [0.2, 0.25) is 5.78 Å². The maximum Gasteiger partial charge on any atom is 0.357 e. The van der Waals surface area contributed by atoms with Gasteiger partial charge in [0.05, 0.1) is 12.1 Å².